The Kier molecular flexibility index (Phi) is 4.77. The molecule has 1 N–H and O–H groups in total. The lowest BCUT2D eigenvalue weighted by atomic mass is 9.73. The largest absolute Gasteiger partial charge is 0.334 e. The van der Waals surface area contributed by atoms with Crippen LogP contribution in [0.4, 0.5) is 5.69 Å². The van der Waals surface area contributed by atoms with Gasteiger partial charge in [0, 0.05) is 24.6 Å². The summed E-state index contributed by atoms with van der Waals surface area (Å²) >= 11 is 0. The Labute approximate surface area is 181 Å². The minimum Gasteiger partial charge on any atom is -0.334 e. The predicted molar refractivity (Wildman–Crippen MR) is 118 cm³/mol. The molecule has 6 nitrogen and oxygen atoms in total. The quantitative estimate of drug-likeness (QED) is 0.711. The third-order valence-corrected chi connectivity index (χ3v) is 6.59. The highest BCUT2D eigenvalue weighted by Crippen LogP contribution is 2.49. The number of aromatic nitrogens is 2. The number of carbonyl (C=O) groups is 2. The SMILES string of the molecule is Cc1ncc(C(=O)N2CC[C@@]3(C(=O)Nc4ccccc43)[C@@H]2CCc2ccccc2)cn1. The van der Waals surface area contributed by atoms with Gasteiger partial charge in [-0.25, -0.2) is 9.97 Å². The van der Waals surface area contributed by atoms with E-state index in [0.29, 0.717) is 30.8 Å². The van der Waals surface area contributed by atoms with Crippen molar-refractivity contribution in [2.24, 2.45) is 0 Å². The van der Waals surface area contributed by atoms with Gasteiger partial charge in [0.1, 0.15) is 5.82 Å². The summed E-state index contributed by atoms with van der Waals surface area (Å²) in [5.74, 6) is 0.494. The molecule has 31 heavy (non-hydrogen) atoms. The number of fused-ring (bicyclic) bond motifs is 2. The van der Waals surface area contributed by atoms with Crippen molar-refractivity contribution in [3.8, 4) is 0 Å². The fraction of sp³-hybridized carbons (Fsp3) is 0.280. The van der Waals surface area contributed by atoms with Crippen LogP contribution in [0.25, 0.3) is 0 Å². The number of carbonyl (C=O) groups excluding carboxylic acids is 2. The van der Waals surface area contributed by atoms with Crippen LogP contribution in [0.2, 0.25) is 0 Å². The smallest absolute Gasteiger partial charge is 0.257 e. The zero-order valence-corrected chi connectivity index (χ0v) is 17.4. The van der Waals surface area contributed by atoms with Gasteiger partial charge in [0.05, 0.1) is 17.0 Å². The number of nitrogens with zero attached hydrogens (tertiary/aromatic N) is 3. The van der Waals surface area contributed by atoms with Crippen LogP contribution >= 0.6 is 0 Å². The van der Waals surface area contributed by atoms with Crippen LogP contribution in [0.5, 0.6) is 0 Å². The van der Waals surface area contributed by atoms with Crippen molar-refractivity contribution in [1.82, 2.24) is 14.9 Å². The maximum atomic E-state index is 13.5. The maximum Gasteiger partial charge on any atom is 0.257 e. The Bertz CT molecular complexity index is 1130. The molecule has 2 aliphatic rings. The molecule has 0 unspecified atom stereocenters. The number of hydrogen-bond acceptors (Lipinski definition) is 4. The summed E-state index contributed by atoms with van der Waals surface area (Å²) in [7, 11) is 0. The van der Waals surface area contributed by atoms with E-state index in [-0.39, 0.29) is 17.9 Å². The summed E-state index contributed by atoms with van der Waals surface area (Å²) in [6.45, 7) is 2.31. The first-order valence-electron chi connectivity index (χ1n) is 10.6. The molecule has 0 radical (unpaired) electrons. The van der Waals surface area contributed by atoms with E-state index in [9.17, 15) is 9.59 Å². The van der Waals surface area contributed by atoms with Gasteiger partial charge in [-0.1, -0.05) is 48.5 Å². The average molecular weight is 412 g/mol. The van der Waals surface area contributed by atoms with E-state index in [1.165, 1.54) is 5.56 Å². The zero-order chi connectivity index (χ0) is 21.4. The Morgan fingerprint density at radius 2 is 1.81 bits per heavy atom. The minimum absolute atomic E-state index is 0.0118. The molecular weight excluding hydrogens is 388 g/mol. The van der Waals surface area contributed by atoms with Gasteiger partial charge >= 0.3 is 0 Å². The topological polar surface area (TPSA) is 75.2 Å². The standard InChI is InChI=1S/C25H24N4O2/c1-17-26-15-19(16-27-17)23(30)29-14-13-25(20-9-5-6-10-21(20)28-24(25)31)22(29)12-11-18-7-3-2-4-8-18/h2-10,15-16,22H,11-14H2,1H3,(H,28,31)/t22-,25-/m0/s1. The van der Waals surface area contributed by atoms with E-state index < -0.39 is 5.41 Å². The van der Waals surface area contributed by atoms with Crippen molar-refractivity contribution < 1.29 is 9.59 Å². The molecule has 1 spiro atoms. The lowest BCUT2D eigenvalue weighted by molar-refractivity contribution is -0.121. The molecule has 3 heterocycles. The van der Waals surface area contributed by atoms with Gasteiger partial charge in [0.15, 0.2) is 0 Å². The molecule has 1 saturated heterocycles. The second-order valence-electron chi connectivity index (χ2n) is 8.28. The lowest BCUT2D eigenvalue weighted by Crippen LogP contribution is -2.49. The molecular formula is C25H24N4O2. The van der Waals surface area contributed by atoms with Gasteiger partial charge in [-0.05, 0) is 43.4 Å². The predicted octanol–water partition coefficient (Wildman–Crippen LogP) is 3.52. The molecule has 3 aromatic rings. The Morgan fingerprint density at radius 3 is 2.58 bits per heavy atom. The molecule has 2 amide bonds. The van der Waals surface area contributed by atoms with Crippen molar-refractivity contribution in [3.63, 3.8) is 0 Å². The number of rotatable bonds is 4. The van der Waals surface area contributed by atoms with Crippen LogP contribution in [-0.2, 0) is 16.6 Å². The number of likely N-dealkylation sites (tertiary alicyclic amines) is 1. The van der Waals surface area contributed by atoms with E-state index in [0.717, 1.165) is 17.7 Å². The summed E-state index contributed by atoms with van der Waals surface area (Å²) in [4.78, 5) is 37.0. The second-order valence-corrected chi connectivity index (χ2v) is 8.28. The zero-order valence-electron chi connectivity index (χ0n) is 17.4. The first kappa shape index (κ1) is 19.4. The van der Waals surface area contributed by atoms with E-state index in [4.69, 9.17) is 0 Å². The maximum absolute atomic E-state index is 13.5. The van der Waals surface area contributed by atoms with Crippen molar-refractivity contribution in [1.29, 1.82) is 0 Å². The summed E-state index contributed by atoms with van der Waals surface area (Å²) in [5, 5.41) is 3.06. The lowest BCUT2D eigenvalue weighted by Gasteiger charge is -2.34. The summed E-state index contributed by atoms with van der Waals surface area (Å²) < 4.78 is 0. The molecule has 2 aliphatic heterocycles. The molecule has 0 aliphatic carbocycles. The molecule has 0 saturated carbocycles. The van der Waals surface area contributed by atoms with Gasteiger partial charge in [0.25, 0.3) is 5.91 Å². The third-order valence-electron chi connectivity index (χ3n) is 6.59. The first-order chi connectivity index (χ1) is 15.1. The third kappa shape index (κ3) is 3.19. The number of nitrogens with one attached hydrogen (secondary N) is 1. The highest BCUT2D eigenvalue weighted by atomic mass is 16.2. The van der Waals surface area contributed by atoms with Crippen LogP contribution in [-0.4, -0.2) is 39.3 Å². The number of para-hydroxylation sites is 1. The van der Waals surface area contributed by atoms with Crippen molar-refractivity contribution in [3.05, 3.63) is 89.5 Å². The van der Waals surface area contributed by atoms with Gasteiger partial charge in [-0.3, -0.25) is 9.59 Å². The highest BCUT2D eigenvalue weighted by molar-refractivity contribution is 6.08. The Hall–Kier alpha value is -3.54. The van der Waals surface area contributed by atoms with E-state index in [1.807, 2.05) is 47.4 Å². The number of anilines is 1. The van der Waals surface area contributed by atoms with Gasteiger partial charge in [0.2, 0.25) is 5.91 Å². The first-order valence-corrected chi connectivity index (χ1v) is 10.6. The number of hydrogen-bond donors (Lipinski definition) is 1. The molecule has 1 fully saturated rings. The monoisotopic (exact) mass is 412 g/mol. The van der Waals surface area contributed by atoms with Crippen molar-refractivity contribution in [2.75, 3.05) is 11.9 Å². The van der Waals surface area contributed by atoms with Gasteiger partial charge < -0.3 is 10.2 Å². The van der Waals surface area contributed by atoms with Crippen LogP contribution in [0.1, 0.15) is 40.2 Å². The van der Waals surface area contributed by atoms with Crippen molar-refractivity contribution in [2.45, 2.75) is 37.6 Å². The van der Waals surface area contributed by atoms with Gasteiger partial charge in [-0.15, -0.1) is 0 Å². The van der Waals surface area contributed by atoms with E-state index >= 15 is 0 Å². The number of amides is 2. The highest BCUT2D eigenvalue weighted by Gasteiger charge is 2.58. The normalized spacial score (nSPS) is 21.9. The van der Waals surface area contributed by atoms with Crippen LogP contribution < -0.4 is 5.32 Å². The van der Waals surface area contributed by atoms with Gasteiger partial charge in [-0.2, -0.15) is 0 Å². The molecule has 5 rings (SSSR count). The summed E-state index contributed by atoms with van der Waals surface area (Å²) in [6, 6.07) is 17.8. The summed E-state index contributed by atoms with van der Waals surface area (Å²) in [6.07, 6.45) is 5.24. The van der Waals surface area contributed by atoms with Crippen LogP contribution in [0, 0.1) is 6.92 Å². The molecule has 156 valence electrons. The fourth-order valence-electron chi connectivity index (χ4n) is 5.06. The summed E-state index contributed by atoms with van der Waals surface area (Å²) in [5.41, 5.74) is 2.77. The number of aryl methyl sites for hydroxylation is 2. The van der Waals surface area contributed by atoms with Crippen LogP contribution in [0.3, 0.4) is 0 Å². The molecule has 1 aromatic heterocycles. The van der Waals surface area contributed by atoms with E-state index in [1.54, 1.807) is 19.3 Å². The molecule has 2 aromatic carbocycles. The average Bonchev–Trinajstić information content (AvgIpc) is 3.32. The Morgan fingerprint density at radius 1 is 1.10 bits per heavy atom. The second kappa shape index (κ2) is 7.61. The number of benzene rings is 2. The minimum atomic E-state index is -0.730. The molecule has 0 bridgehead atoms. The van der Waals surface area contributed by atoms with E-state index in [2.05, 4.69) is 27.4 Å². The van der Waals surface area contributed by atoms with Crippen molar-refractivity contribution >= 4 is 17.5 Å². The molecule has 2 atom stereocenters. The Balaban J connectivity index is 1.53. The molecule has 6 heteroatoms. The van der Waals surface area contributed by atoms with Crippen LogP contribution in [0.15, 0.2) is 67.0 Å². The fourth-order valence-corrected chi connectivity index (χ4v) is 5.06.